The van der Waals surface area contributed by atoms with E-state index in [1.807, 2.05) is 37.3 Å². The van der Waals surface area contributed by atoms with E-state index < -0.39 is 5.97 Å². The molecule has 0 saturated carbocycles. The summed E-state index contributed by atoms with van der Waals surface area (Å²) in [5.74, 6) is -1.15. The SMILES string of the molecule is Cc1ccc(/C=C/C(=O)OCC(=O)c2ccc(NC(=O)c3ccccc3)cc2)cc1. The van der Waals surface area contributed by atoms with E-state index in [9.17, 15) is 14.4 Å². The van der Waals surface area contributed by atoms with Crippen LogP contribution in [0.3, 0.4) is 0 Å². The van der Waals surface area contributed by atoms with Crippen molar-refractivity contribution in [1.29, 1.82) is 0 Å². The Morgan fingerprint density at radius 1 is 0.833 bits per heavy atom. The largest absolute Gasteiger partial charge is 0.454 e. The average molecular weight is 399 g/mol. The highest BCUT2D eigenvalue weighted by molar-refractivity contribution is 6.04. The van der Waals surface area contributed by atoms with E-state index in [0.717, 1.165) is 11.1 Å². The lowest BCUT2D eigenvalue weighted by atomic mass is 10.1. The van der Waals surface area contributed by atoms with Gasteiger partial charge in [-0.05, 0) is 55.0 Å². The predicted octanol–water partition coefficient (Wildman–Crippen LogP) is 4.69. The molecule has 0 spiro atoms. The normalized spacial score (nSPS) is 10.6. The van der Waals surface area contributed by atoms with Crippen molar-refractivity contribution in [3.05, 3.63) is 107 Å². The molecule has 0 atom stereocenters. The number of Topliss-reactive ketones (excluding diaryl/α,β-unsaturated/α-hetero) is 1. The van der Waals surface area contributed by atoms with Gasteiger partial charge in [0.05, 0.1) is 0 Å². The lowest BCUT2D eigenvalue weighted by molar-refractivity contribution is -0.136. The Balaban J connectivity index is 1.50. The molecule has 5 nitrogen and oxygen atoms in total. The van der Waals surface area contributed by atoms with Crippen LogP contribution >= 0.6 is 0 Å². The molecule has 5 heteroatoms. The molecule has 0 aromatic heterocycles. The van der Waals surface area contributed by atoms with E-state index in [1.54, 1.807) is 54.6 Å². The van der Waals surface area contributed by atoms with Gasteiger partial charge in [-0.2, -0.15) is 0 Å². The third-order valence-corrected chi connectivity index (χ3v) is 4.34. The van der Waals surface area contributed by atoms with Gasteiger partial charge < -0.3 is 10.1 Å². The first-order valence-electron chi connectivity index (χ1n) is 9.42. The Morgan fingerprint density at radius 3 is 2.17 bits per heavy atom. The second-order valence-corrected chi connectivity index (χ2v) is 6.67. The topological polar surface area (TPSA) is 72.5 Å². The molecule has 150 valence electrons. The van der Waals surface area contributed by atoms with Gasteiger partial charge in [0.15, 0.2) is 12.4 Å². The number of hydrogen-bond acceptors (Lipinski definition) is 4. The lowest BCUT2D eigenvalue weighted by Gasteiger charge is -2.06. The number of rotatable bonds is 7. The zero-order valence-electron chi connectivity index (χ0n) is 16.5. The molecule has 0 aliphatic heterocycles. The van der Waals surface area contributed by atoms with Crippen LogP contribution in [0.15, 0.2) is 84.9 Å². The number of ketones is 1. The Morgan fingerprint density at radius 2 is 1.50 bits per heavy atom. The Bertz CT molecular complexity index is 1050. The second-order valence-electron chi connectivity index (χ2n) is 6.67. The third-order valence-electron chi connectivity index (χ3n) is 4.34. The van der Waals surface area contributed by atoms with E-state index in [0.29, 0.717) is 16.8 Å². The molecule has 0 fully saturated rings. The Labute approximate surface area is 175 Å². The minimum absolute atomic E-state index is 0.232. The molecular weight excluding hydrogens is 378 g/mol. The van der Waals surface area contributed by atoms with Gasteiger partial charge in [0.25, 0.3) is 5.91 Å². The van der Waals surface area contributed by atoms with Crippen molar-refractivity contribution in [1.82, 2.24) is 0 Å². The quantitative estimate of drug-likeness (QED) is 0.355. The molecule has 0 radical (unpaired) electrons. The maximum absolute atomic E-state index is 12.2. The lowest BCUT2D eigenvalue weighted by Crippen LogP contribution is -2.13. The van der Waals surface area contributed by atoms with Crippen LogP contribution in [0.2, 0.25) is 0 Å². The van der Waals surface area contributed by atoms with Crippen molar-refractivity contribution in [2.45, 2.75) is 6.92 Å². The third kappa shape index (κ3) is 6.01. The van der Waals surface area contributed by atoms with Crippen LogP contribution in [0.25, 0.3) is 6.08 Å². The first-order chi connectivity index (χ1) is 14.5. The highest BCUT2D eigenvalue weighted by Crippen LogP contribution is 2.12. The van der Waals surface area contributed by atoms with Crippen LogP contribution in [-0.4, -0.2) is 24.3 Å². The summed E-state index contributed by atoms with van der Waals surface area (Å²) in [7, 11) is 0. The maximum atomic E-state index is 12.2. The van der Waals surface area contributed by atoms with Crippen LogP contribution in [0.1, 0.15) is 31.8 Å². The highest BCUT2D eigenvalue weighted by Gasteiger charge is 2.10. The molecule has 3 rings (SSSR count). The fourth-order valence-corrected chi connectivity index (χ4v) is 2.64. The summed E-state index contributed by atoms with van der Waals surface area (Å²) in [6, 6.07) is 22.9. The Kier molecular flexibility index (Phi) is 6.90. The van der Waals surface area contributed by atoms with E-state index >= 15 is 0 Å². The van der Waals surface area contributed by atoms with E-state index in [4.69, 9.17) is 4.74 Å². The summed E-state index contributed by atoms with van der Waals surface area (Å²) in [5, 5.41) is 2.77. The summed E-state index contributed by atoms with van der Waals surface area (Å²) in [6.45, 7) is 1.63. The minimum Gasteiger partial charge on any atom is -0.454 e. The molecule has 0 aliphatic rings. The predicted molar refractivity (Wildman–Crippen MR) is 116 cm³/mol. The molecule has 0 saturated heterocycles. The molecule has 0 bridgehead atoms. The number of nitrogens with one attached hydrogen (secondary N) is 1. The number of hydrogen-bond donors (Lipinski definition) is 1. The van der Waals surface area contributed by atoms with Gasteiger partial charge in [-0.25, -0.2) is 4.79 Å². The fraction of sp³-hybridized carbons (Fsp3) is 0.0800. The summed E-state index contributed by atoms with van der Waals surface area (Å²) in [6.07, 6.45) is 2.93. The summed E-state index contributed by atoms with van der Waals surface area (Å²) < 4.78 is 5.01. The van der Waals surface area contributed by atoms with Gasteiger partial charge in [-0.1, -0.05) is 48.0 Å². The first-order valence-corrected chi connectivity index (χ1v) is 9.42. The van der Waals surface area contributed by atoms with Crippen molar-refractivity contribution in [2.75, 3.05) is 11.9 Å². The van der Waals surface area contributed by atoms with Gasteiger partial charge in [0.2, 0.25) is 0 Å². The molecule has 30 heavy (non-hydrogen) atoms. The first kappa shape index (κ1) is 20.7. The van der Waals surface area contributed by atoms with Crippen molar-refractivity contribution < 1.29 is 19.1 Å². The molecule has 0 aliphatic carbocycles. The standard InChI is InChI=1S/C25H21NO4/c1-18-7-9-19(10-8-18)11-16-24(28)30-17-23(27)20-12-14-22(15-13-20)26-25(29)21-5-3-2-4-6-21/h2-16H,17H2,1H3,(H,26,29)/b16-11+. The average Bonchev–Trinajstić information content (AvgIpc) is 2.78. The van der Waals surface area contributed by atoms with Crippen LogP contribution in [-0.2, 0) is 9.53 Å². The van der Waals surface area contributed by atoms with Gasteiger partial charge in [0, 0.05) is 22.9 Å². The van der Waals surface area contributed by atoms with Crippen LogP contribution in [0.4, 0.5) is 5.69 Å². The molecule has 1 amide bonds. The number of carbonyl (C=O) groups is 3. The van der Waals surface area contributed by atoms with Gasteiger partial charge >= 0.3 is 5.97 Å². The monoisotopic (exact) mass is 399 g/mol. The van der Waals surface area contributed by atoms with Crippen molar-refractivity contribution >= 4 is 29.4 Å². The van der Waals surface area contributed by atoms with Crippen LogP contribution in [0, 0.1) is 6.92 Å². The fourth-order valence-electron chi connectivity index (χ4n) is 2.64. The van der Waals surface area contributed by atoms with Crippen molar-refractivity contribution in [3.63, 3.8) is 0 Å². The summed E-state index contributed by atoms with van der Waals surface area (Å²) >= 11 is 0. The smallest absolute Gasteiger partial charge is 0.331 e. The van der Waals surface area contributed by atoms with E-state index in [-0.39, 0.29) is 18.3 Å². The minimum atomic E-state index is -0.587. The highest BCUT2D eigenvalue weighted by atomic mass is 16.5. The maximum Gasteiger partial charge on any atom is 0.331 e. The Hall–Kier alpha value is -3.99. The zero-order chi connectivity index (χ0) is 21.3. The number of carbonyl (C=O) groups excluding carboxylic acids is 3. The zero-order valence-corrected chi connectivity index (χ0v) is 16.5. The van der Waals surface area contributed by atoms with Crippen LogP contribution < -0.4 is 5.32 Å². The number of ether oxygens (including phenoxy) is 1. The number of benzene rings is 3. The number of esters is 1. The number of aryl methyl sites for hydroxylation is 1. The van der Waals surface area contributed by atoms with Crippen molar-refractivity contribution in [2.24, 2.45) is 0 Å². The van der Waals surface area contributed by atoms with Gasteiger partial charge in [0.1, 0.15) is 0 Å². The molecule has 3 aromatic rings. The number of anilines is 1. The molecule has 0 heterocycles. The molecule has 0 unspecified atom stereocenters. The van der Waals surface area contributed by atoms with Crippen LogP contribution in [0.5, 0.6) is 0 Å². The van der Waals surface area contributed by atoms with E-state index in [1.165, 1.54) is 6.08 Å². The van der Waals surface area contributed by atoms with Gasteiger partial charge in [-0.15, -0.1) is 0 Å². The molecular formula is C25H21NO4. The summed E-state index contributed by atoms with van der Waals surface area (Å²) in [5.41, 5.74) is 3.51. The molecule has 3 aromatic carbocycles. The molecule has 1 N–H and O–H groups in total. The number of amides is 1. The van der Waals surface area contributed by atoms with Gasteiger partial charge in [-0.3, -0.25) is 9.59 Å². The second kappa shape index (κ2) is 9.98. The van der Waals surface area contributed by atoms with Crippen molar-refractivity contribution in [3.8, 4) is 0 Å². The summed E-state index contributed by atoms with van der Waals surface area (Å²) in [4.78, 5) is 36.2. The van der Waals surface area contributed by atoms with E-state index in [2.05, 4.69) is 5.32 Å².